The number of carbonyl (C=O) groups excluding carboxylic acids is 2. The van der Waals surface area contributed by atoms with E-state index in [1.54, 1.807) is 0 Å². The maximum atomic E-state index is 13.0. The van der Waals surface area contributed by atoms with Crippen LogP contribution in [0.25, 0.3) is 0 Å². The zero-order chi connectivity index (χ0) is 17.3. The Morgan fingerprint density at radius 1 is 1.25 bits per heavy atom. The zero-order valence-corrected chi connectivity index (χ0v) is 14.6. The van der Waals surface area contributed by atoms with Gasteiger partial charge in [0.2, 0.25) is 5.91 Å². The molecule has 3 atom stereocenters. The normalized spacial score (nSPS) is 27.8. The molecular weight excluding hydrogens is 304 g/mol. The van der Waals surface area contributed by atoms with Crippen LogP contribution >= 0.6 is 0 Å². The van der Waals surface area contributed by atoms with Gasteiger partial charge in [-0.25, -0.2) is 9.69 Å². The number of rotatable bonds is 4. The number of benzene rings is 1. The van der Waals surface area contributed by atoms with Gasteiger partial charge in [0.15, 0.2) is 0 Å². The van der Waals surface area contributed by atoms with Crippen LogP contribution in [0.1, 0.15) is 26.3 Å². The summed E-state index contributed by atoms with van der Waals surface area (Å²) in [6.07, 6.45) is -0.479. The van der Waals surface area contributed by atoms with E-state index in [2.05, 4.69) is 24.0 Å². The molecule has 2 aliphatic heterocycles. The Bertz CT molecular complexity index is 602. The third kappa shape index (κ3) is 3.31. The van der Waals surface area contributed by atoms with Gasteiger partial charge in [-0.05, 0) is 17.4 Å². The monoisotopic (exact) mass is 330 g/mol. The number of imide groups is 1. The highest BCUT2D eigenvalue weighted by molar-refractivity contribution is 5.95. The van der Waals surface area contributed by atoms with Gasteiger partial charge in [0, 0.05) is 19.6 Å². The van der Waals surface area contributed by atoms with Crippen LogP contribution in [-0.2, 0) is 16.1 Å². The Labute approximate surface area is 143 Å². The molecule has 2 fully saturated rings. The highest BCUT2D eigenvalue weighted by atomic mass is 16.6. The summed E-state index contributed by atoms with van der Waals surface area (Å²) in [6, 6.07) is 10.1. The van der Waals surface area contributed by atoms with Crippen molar-refractivity contribution >= 4 is 12.0 Å². The Morgan fingerprint density at radius 2 is 1.96 bits per heavy atom. The summed E-state index contributed by atoms with van der Waals surface area (Å²) in [7, 11) is 0. The number of likely N-dealkylation sites (tertiary alicyclic amines) is 1. The molecule has 1 aromatic rings. The van der Waals surface area contributed by atoms with Crippen molar-refractivity contribution in [3.8, 4) is 0 Å². The first-order valence-electron chi connectivity index (χ1n) is 8.73. The summed E-state index contributed by atoms with van der Waals surface area (Å²) in [5.41, 5.74) is 1.25. The minimum absolute atomic E-state index is 0.0701. The summed E-state index contributed by atoms with van der Waals surface area (Å²) in [4.78, 5) is 28.7. The lowest BCUT2D eigenvalue weighted by atomic mass is 9.95. The Balaban J connectivity index is 1.68. The van der Waals surface area contributed by atoms with Crippen molar-refractivity contribution in [1.82, 2.24) is 9.80 Å². The molecule has 0 bridgehead atoms. The first kappa shape index (κ1) is 17.0. The van der Waals surface area contributed by atoms with Gasteiger partial charge in [-0.2, -0.15) is 0 Å². The Kier molecular flexibility index (Phi) is 4.90. The lowest BCUT2D eigenvalue weighted by Gasteiger charge is -2.26. The van der Waals surface area contributed by atoms with E-state index >= 15 is 0 Å². The first-order valence-corrected chi connectivity index (χ1v) is 8.73. The predicted molar refractivity (Wildman–Crippen MR) is 91.2 cm³/mol. The maximum Gasteiger partial charge on any atom is 0.416 e. The molecule has 1 aromatic carbocycles. The van der Waals surface area contributed by atoms with Gasteiger partial charge in [-0.3, -0.25) is 9.69 Å². The van der Waals surface area contributed by atoms with E-state index in [0.717, 1.165) is 13.1 Å². The third-order valence-corrected chi connectivity index (χ3v) is 5.17. The second kappa shape index (κ2) is 6.93. The molecule has 0 aliphatic carbocycles. The number of carbonyl (C=O) groups is 2. The zero-order valence-electron chi connectivity index (χ0n) is 14.6. The van der Waals surface area contributed by atoms with Crippen molar-refractivity contribution in [2.45, 2.75) is 33.4 Å². The van der Waals surface area contributed by atoms with Crippen molar-refractivity contribution in [3.05, 3.63) is 35.9 Å². The summed E-state index contributed by atoms with van der Waals surface area (Å²) in [5.74, 6) is 0.236. The molecular formula is C19H26N2O3. The molecule has 0 saturated carbocycles. The van der Waals surface area contributed by atoms with Gasteiger partial charge in [0.05, 0.1) is 12.0 Å². The van der Waals surface area contributed by atoms with E-state index in [1.807, 2.05) is 32.0 Å². The fourth-order valence-corrected chi connectivity index (χ4v) is 3.72. The van der Waals surface area contributed by atoms with Crippen molar-refractivity contribution in [3.63, 3.8) is 0 Å². The van der Waals surface area contributed by atoms with E-state index in [-0.39, 0.29) is 29.7 Å². The fraction of sp³-hybridized carbons (Fsp3) is 0.579. The van der Waals surface area contributed by atoms with E-state index in [0.29, 0.717) is 13.2 Å². The van der Waals surface area contributed by atoms with Crippen LogP contribution in [0, 0.1) is 17.8 Å². The van der Waals surface area contributed by atoms with Gasteiger partial charge >= 0.3 is 6.09 Å². The van der Waals surface area contributed by atoms with Crippen LogP contribution < -0.4 is 0 Å². The smallest absolute Gasteiger partial charge is 0.416 e. The molecule has 2 aliphatic rings. The van der Waals surface area contributed by atoms with Gasteiger partial charge in [0.1, 0.15) is 6.61 Å². The second-order valence-corrected chi connectivity index (χ2v) is 7.36. The molecule has 24 heavy (non-hydrogen) atoms. The number of nitrogens with zero attached hydrogens (tertiary/aromatic N) is 2. The highest BCUT2D eigenvalue weighted by Crippen LogP contribution is 2.30. The molecule has 0 spiro atoms. The number of cyclic esters (lactones) is 1. The summed E-state index contributed by atoms with van der Waals surface area (Å²) < 4.78 is 5.13. The van der Waals surface area contributed by atoms with E-state index in [9.17, 15) is 9.59 Å². The summed E-state index contributed by atoms with van der Waals surface area (Å²) in [6.45, 7) is 8.87. The van der Waals surface area contributed by atoms with Crippen LogP contribution in [0.15, 0.2) is 30.3 Å². The molecule has 0 radical (unpaired) electrons. The number of ether oxygens (including phenoxy) is 1. The van der Waals surface area contributed by atoms with Gasteiger partial charge in [-0.15, -0.1) is 0 Å². The van der Waals surface area contributed by atoms with Crippen molar-refractivity contribution in [1.29, 1.82) is 0 Å². The van der Waals surface area contributed by atoms with E-state index < -0.39 is 6.09 Å². The number of hydrogen-bond donors (Lipinski definition) is 0. The molecule has 3 rings (SSSR count). The van der Waals surface area contributed by atoms with Crippen LogP contribution in [0.3, 0.4) is 0 Å². The summed E-state index contributed by atoms with van der Waals surface area (Å²) in [5, 5.41) is 0. The average molecular weight is 330 g/mol. The molecule has 2 amide bonds. The molecule has 5 nitrogen and oxygen atoms in total. The van der Waals surface area contributed by atoms with E-state index in [4.69, 9.17) is 4.74 Å². The largest absolute Gasteiger partial charge is 0.447 e. The van der Waals surface area contributed by atoms with Crippen molar-refractivity contribution in [2.24, 2.45) is 17.8 Å². The topological polar surface area (TPSA) is 49.9 Å². The molecule has 1 unspecified atom stereocenters. The third-order valence-electron chi connectivity index (χ3n) is 5.17. The molecule has 0 N–H and O–H groups in total. The van der Waals surface area contributed by atoms with Crippen LogP contribution in [0.5, 0.6) is 0 Å². The minimum Gasteiger partial charge on any atom is -0.447 e. The quantitative estimate of drug-likeness (QED) is 0.852. The second-order valence-electron chi connectivity index (χ2n) is 7.36. The maximum absolute atomic E-state index is 13.0. The van der Waals surface area contributed by atoms with Gasteiger partial charge in [0.25, 0.3) is 0 Å². The molecule has 2 heterocycles. The molecule has 5 heteroatoms. The lowest BCUT2D eigenvalue weighted by Crippen LogP contribution is -2.46. The van der Waals surface area contributed by atoms with Gasteiger partial charge in [-0.1, -0.05) is 51.1 Å². The molecule has 2 saturated heterocycles. The van der Waals surface area contributed by atoms with Crippen LogP contribution in [0.4, 0.5) is 4.79 Å². The minimum atomic E-state index is -0.479. The SMILES string of the molecule is CC(C)C1COC(=O)N1C(=O)[C@@H]1CN(Cc2ccccc2)C[C@H]1C. The predicted octanol–water partition coefficient (Wildman–Crippen LogP) is 2.76. The summed E-state index contributed by atoms with van der Waals surface area (Å²) >= 11 is 0. The fourth-order valence-electron chi connectivity index (χ4n) is 3.72. The number of amides is 2. The van der Waals surface area contributed by atoms with Crippen molar-refractivity contribution in [2.75, 3.05) is 19.7 Å². The molecule has 130 valence electrons. The lowest BCUT2D eigenvalue weighted by molar-refractivity contribution is -0.134. The van der Waals surface area contributed by atoms with E-state index in [1.165, 1.54) is 10.5 Å². The Morgan fingerprint density at radius 3 is 2.62 bits per heavy atom. The van der Waals surface area contributed by atoms with Crippen LogP contribution in [-0.4, -0.2) is 47.5 Å². The first-order chi connectivity index (χ1) is 11.5. The van der Waals surface area contributed by atoms with Gasteiger partial charge < -0.3 is 4.74 Å². The van der Waals surface area contributed by atoms with Crippen molar-refractivity contribution < 1.29 is 14.3 Å². The highest BCUT2D eigenvalue weighted by Gasteiger charge is 2.45. The average Bonchev–Trinajstić information content (AvgIpc) is 3.11. The standard InChI is InChI=1S/C19H26N2O3/c1-13(2)17-12-24-19(23)21(17)18(22)16-11-20(9-14(16)3)10-15-7-5-4-6-8-15/h4-8,13-14,16-17H,9-12H2,1-3H3/t14-,16-,17?/m1/s1. The molecule has 0 aromatic heterocycles. The van der Waals surface area contributed by atoms with Crippen LogP contribution in [0.2, 0.25) is 0 Å². The Hall–Kier alpha value is -1.88. The number of hydrogen-bond acceptors (Lipinski definition) is 4.